The number of para-hydroxylation sites is 1. The zero-order chi connectivity index (χ0) is 22.6. The molecule has 1 amide bonds. The zero-order valence-electron chi connectivity index (χ0n) is 16.9. The largest absolute Gasteiger partial charge is 0.463 e. The van der Waals surface area contributed by atoms with Crippen LogP contribution in [0.25, 0.3) is 11.1 Å². The van der Waals surface area contributed by atoms with Gasteiger partial charge in [-0.3, -0.25) is 9.59 Å². The van der Waals surface area contributed by atoms with Gasteiger partial charge in [0.25, 0.3) is 12.4 Å². The molecule has 0 spiro atoms. The maximum atomic E-state index is 13.6. The number of hydrogen-bond acceptors (Lipinski definition) is 3. The second-order valence-electron chi connectivity index (χ2n) is 7.09. The number of hydrogen-bond donors (Lipinski definition) is 1. The molecule has 1 N–H and O–H groups in total. The fraction of sp³-hybridized carbons (Fsp3) is 0.167. The van der Waals surface area contributed by atoms with Crippen molar-refractivity contribution < 1.29 is 27.5 Å². The van der Waals surface area contributed by atoms with Gasteiger partial charge in [0.05, 0.1) is 11.1 Å². The van der Waals surface area contributed by atoms with Gasteiger partial charge in [0, 0.05) is 5.69 Å². The molecule has 0 radical (unpaired) electrons. The summed E-state index contributed by atoms with van der Waals surface area (Å²) < 4.78 is 45.6. The molecule has 160 valence electrons. The van der Waals surface area contributed by atoms with E-state index >= 15 is 0 Å². The topological polar surface area (TPSA) is 55.4 Å². The third-order valence-electron chi connectivity index (χ3n) is 4.87. The van der Waals surface area contributed by atoms with Crippen molar-refractivity contribution in [1.82, 2.24) is 0 Å². The van der Waals surface area contributed by atoms with Gasteiger partial charge in [0.2, 0.25) is 0 Å². The normalized spacial score (nSPS) is 11.1. The summed E-state index contributed by atoms with van der Waals surface area (Å²) in [7, 11) is 0. The fourth-order valence-electron chi connectivity index (χ4n) is 3.32. The highest BCUT2D eigenvalue weighted by Gasteiger charge is 2.35. The van der Waals surface area contributed by atoms with Gasteiger partial charge in [-0.2, -0.15) is 13.2 Å². The summed E-state index contributed by atoms with van der Waals surface area (Å²) in [6, 6.07) is 15.6. The van der Waals surface area contributed by atoms with E-state index in [-0.39, 0.29) is 6.61 Å². The van der Waals surface area contributed by atoms with E-state index in [2.05, 4.69) is 5.32 Å². The summed E-state index contributed by atoms with van der Waals surface area (Å²) in [6.07, 6.45) is -4.69. The lowest BCUT2D eigenvalue weighted by Crippen LogP contribution is -2.19. The molecule has 0 aromatic heterocycles. The number of alkyl halides is 3. The Balaban J connectivity index is 2.04. The highest BCUT2D eigenvalue weighted by Crippen LogP contribution is 2.35. The van der Waals surface area contributed by atoms with E-state index in [1.54, 1.807) is 50.2 Å². The van der Waals surface area contributed by atoms with Crippen molar-refractivity contribution in [2.24, 2.45) is 0 Å². The molecule has 3 aromatic rings. The molecule has 0 aliphatic carbocycles. The van der Waals surface area contributed by atoms with E-state index in [4.69, 9.17) is 4.74 Å². The van der Waals surface area contributed by atoms with Crippen LogP contribution in [0.3, 0.4) is 0 Å². The Bertz CT molecular complexity index is 1100. The molecule has 0 fully saturated rings. The molecule has 4 nitrogen and oxygen atoms in total. The molecule has 0 bridgehead atoms. The highest BCUT2D eigenvalue weighted by molar-refractivity contribution is 6.07. The number of anilines is 1. The maximum absolute atomic E-state index is 13.6. The first-order valence-electron chi connectivity index (χ1n) is 9.44. The Morgan fingerprint density at radius 2 is 1.61 bits per heavy atom. The van der Waals surface area contributed by atoms with Gasteiger partial charge in [-0.15, -0.1) is 0 Å². The van der Waals surface area contributed by atoms with E-state index in [9.17, 15) is 22.8 Å². The molecule has 3 aromatic carbocycles. The molecular formula is C24H20F3NO3. The summed E-state index contributed by atoms with van der Waals surface area (Å²) in [6.45, 7) is 3.91. The second-order valence-corrected chi connectivity index (χ2v) is 7.09. The molecule has 0 heterocycles. The van der Waals surface area contributed by atoms with Gasteiger partial charge in [-0.1, -0.05) is 42.5 Å². The van der Waals surface area contributed by atoms with Crippen molar-refractivity contribution in [1.29, 1.82) is 0 Å². The van der Waals surface area contributed by atoms with Crippen molar-refractivity contribution >= 4 is 18.1 Å². The van der Waals surface area contributed by atoms with Crippen LogP contribution in [-0.2, 0) is 22.3 Å². The number of carbonyl (C=O) groups excluding carboxylic acids is 2. The minimum absolute atomic E-state index is 0.0396. The van der Waals surface area contributed by atoms with Crippen molar-refractivity contribution in [2.45, 2.75) is 26.6 Å². The molecule has 0 aliphatic heterocycles. The maximum Gasteiger partial charge on any atom is 0.417 e. The number of carbonyl (C=O) groups is 2. The van der Waals surface area contributed by atoms with Crippen molar-refractivity contribution in [3.8, 4) is 11.1 Å². The molecule has 31 heavy (non-hydrogen) atoms. The number of benzene rings is 3. The van der Waals surface area contributed by atoms with Crippen LogP contribution < -0.4 is 5.32 Å². The molecule has 0 atom stereocenters. The lowest BCUT2D eigenvalue weighted by atomic mass is 9.97. The number of amides is 1. The highest BCUT2D eigenvalue weighted by atomic mass is 19.4. The Morgan fingerprint density at radius 3 is 2.26 bits per heavy atom. The smallest absolute Gasteiger partial charge is 0.417 e. The second kappa shape index (κ2) is 9.04. The Hall–Kier alpha value is -3.61. The number of aryl methyl sites for hydroxylation is 2. The minimum atomic E-state index is -4.69. The zero-order valence-corrected chi connectivity index (χ0v) is 16.9. The molecule has 0 aliphatic rings. The van der Waals surface area contributed by atoms with E-state index in [0.29, 0.717) is 28.8 Å². The lowest BCUT2D eigenvalue weighted by molar-refractivity contribution is -0.138. The van der Waals surface area contributed by atoms with Gasteiger partial charge in [-0.05, 0) is 59.9 Å². The predicted octanol–water partition coefficient (Wildman–Crippen LogP) is 5.91. The Labute approximate surface area is 177 Å². The summed E-state index contributed by atoms with van der Waals surface area (Å²) in [5.74, 6) is -0.841. The molecule has 0 saturated heterocycles. The Morgan fingerprint density at radius 1 is 0.968 bits per heavy atom. The van der Waals surface area contributed by atoms with Crippen LogP contribution in [0.2, 0.25) is 0 Å². The molecule has 0 unspecified atom stereocenters. The Kier molecular flexibility index (Phi) is 6.44. The first-order chi connectivity index (χ1) is 14.7. The van der Waals surface area contributed by atoms with Crippen molar-refractivity contribution in [2.75, 3.05) is 5.32 Å². The third-order valence-corrected chi connectivity index (χ3v) is 4.87. The molecule has 7 heteroatoms. The van der Waals surface area contributed by atoms with Gasteiger partial charge in [0.15, 0.2) is 0 Å². The standard InChI is InChI=1S/C24H20F3NO3/c1-15-5-3-6-16(2)22(15)28-23(30)20-12-19(9-10-21(20)24(25,26)27)18-8-4-7-17(11-18)13-31-14-29/h3-12,14H,13H2,1-2H3,(H,28,30). The van der Waals surface area contributed by atoms with Crippen molar-refractivity contribution in [3.63, 3.8) is 0 Å². The molecule has 3 rings (SSSR count). The first kappa shape index (κ1) is 22.1. The fourth-order valence-corrected chi connectivity index (χ4v) is 3.32. The van der Waals surface area contributed by atoms with E-state index in [0.717, 1.165) is 17.2 Å². The van der Waals surface area contributed by atoms with Crippen LogP contribution >= 0.6 is 0 Å². The monoisotopic (exact) mass is 427 g/mol. The quantitative estimate of drug-likeness (QED) is 0.497. The number of halogens is 3. The summed E-state index contributed by atoms with van der Waals surface area (Å²) in [4.78, 5) is 23.3. The van der Waals surface area contributed by atoms with Crippen LogP contribution in [0.4, 0.5) is 18.9 Å². The summed E-state index contributed by atoms with van der Waals surface area (Å²) in [5.41, 5.74) is 2.21. The van der Waals surface area contributed by atoms with E-state index in [1.165, 1.54) is 12.1 Å². The summed E-state index contributed by atoms with van der Waals surface area (Å²) in [5, 5.41) is 2.63. The van der Waals surface area contributed by atoms with Crippen LogP contribution in [0, 0.1) is 13.8 Å². The summed E-state index contributed by atoms with van der Waals surface area (Å²) >= 11 is 0. The van der Waals surface area contributed by atoms with Crippen LogP contribution in [-0.4, -0.2) is 12.4 Å². The van der Waals surface area contributed by atoms with Crippen LogP contribution in [0.5, 0.6) is 0 Å². The molecule has 0 saturated carbocycles. The van der Waals surface area contributed by atoms with Crippen LogP contribution in [0.1, 0.15) is 32.6 Å². The van der Waals surface area contributed by atoms with E-state index < -0.39 is 23.2 Å². The predicted molar refractivity (Wildman–Crippen MR) is 112 cm³/mol. The van der Waals surface area contributed by atoms with Gasteiger partial charge >= 0.3 is 6.18 Å². The van der Waals surface area contributed by atoms with E-state index in [1.807, 2.05) is 6.07 Å². The lowest BCUT2D eigenvalue weighted by Gasteiger charge is -2.16. The first-order valence-corrected chi connectivity index (χ1v) is 9.44. The third kappa shape index (κ3) is 5.12. The van der Waals surface area contributed by atoms with Gasteiger partial charge < -0.3 is 10.1 Å². The number of rotatable bonds is 6. The average molecular weight is 427 g/mol. The van der Waals surface area contributed by atoms with Gasteiger partial charge in [-0.25, -0.2) is 0 Å². The number of ether oxygens (including phenoxy) is 1. The molecular weight excluding hydrogens is 407 g/mol. The van der Waals surface area contributed by atoms with Crippen LogP contribution in [0.15, 0.2) is 60.7 Å². The van der Waals surface area contributed by atoms with Gasteiger partial charge in [0.1, 0.15) is 6.61 Å². The average Bonchev–Trinajstić information content (AvgIpc) is 2.74. The SMILES string of the molecule is Cc1cccc(C)c1NC(=O)c1cc(-c2cccc(COC=O)c2)ccc1C(F)(F)F. The number of nitrogens with one attached hydrogen (secondary N) is 1. The minimum Gasteiger partial charge on any atom is -0.463 e. The van der Waals surface area contributed by atoms with Crippen molar-refractivity contribution in [3.05, 3.63) is 88.5 Å².